The first-order chi connectivity index (χ1) is 20.6. The summed E-state index contributed by atoms with van der Waals surface area (Å²) in [5.41, 5.74) is 11.2. The molecule has 2 aliphatic heterocycles. The van der Waals surface area contributed by atoms with Gasteiger partial charge in [-0.2, -0.15) is 11.8 Å². The van der Waals surface area contributed by atoms with Crippen LogP contribution in [0.3, 0.4) is 0 Å². The highest BCUT2D eigenvalue weighted by molar-refractivity contribution is 8.06. The largest absolute Gasteiger partial charge is 0.477 e. The minimum absolute atomic E-state index is 0.0447. The number of fused-ring (bicyclic) bond motifs is 1. The van der Waals surface area contributed by atoms with Crippen LogP contribution < -0.4 is 22.1 Å². The average Bonchev–Trinajstić information content (AvgIpc) is 3.30. The van der Waals surface area contributed by atoms with Gasteiger partial charge in [-0.15, -0.1) is 11.8 Å². The van der Waals surface area contributed by atoms with Crippen molar-refractivity contribution < 1.29 is 28.7 Å². The van der Waals surface area contributed by atoms with Crippen LogP contribution in [-0.2, 0) is 25.0 Å². The van der Waals surface area contributed by atoms with E-state index in [0.717, 1.165) is 26.7 Å². The summed E-state index contributed by atoms with van der Waals surface area (Å²) in [6.07, 6.45) is 3.30. The van der Waals surface area contributed by atoms with Crippen molar-refractivity contribution in [1.29, 1.82) is 5.41 Å². The molecule has 2 amide bonds. The van der Waals surface area contributed by atoms with E-state index in [1.54, 1.807) is 30.2 Å². The number of aliphatic carboxylic acids is 1. The number of thiazole rings is 1. The molecule has 20 heteroatoms. The molecule has 43 heavy (non-hydrogen) atoms. The van der Waals surface area contributed by atoms with Crippen LogP contribution in [0.2, 0.25) is 4.34 Å². The van der Waals surface area contributed by atoms with Gasteiger partial charge in [-0.3, -0.25) is 24.9 Å². The Morgan fingerprint density at radius 1 is 1.42 bits per heavy atom. The van der Waals surface area contributed by atoms with Crippen molar-refractivity contribution >= 4 is 92.8 Å². The van der Waals surface area contributed by atoms with E-state index in [4.69, 9.17) is 33.3 Å². The Balaban J connectivity index is 1.48. The Morgan fingerprint density at radius 3 is 2.88 bits per heavy atom. The topological polar surface area (TPSA) is 222 Å². The molecule has 0 spiro atoms. The zero-order valence-corrected chi connectivity index (χ0v) is 26.1. The van der Waals surface area contributed by atoms with Crippen molar-refractivity contribution in [1.82, 2.24) is 25.5 Å². The highest BCUT2D eigenvalue weighted by Crippen LogP contribution is 2.46. The fraction of sp³-hybridized carbons (Fsp3) is 0.348. The first-order valence-corrected chi connectivity index (χ1v) is 16.5. The number of oxime groups is 1. The summed E-state index contributed by atoms with van der Waals surface area (Å²) >= 11 is 11.2. The van der Waals surface area contributed by atoms with E-state index in [-0.39, 0.29) is 32.6 Å². The van der Waals surface area contributed by atoms with Crippen LogP contribution in [0.25, 0.3) is 0 Å². The summed E-state index contributed by atoms with van der Waals surface area (Å²) in [6.45, 7) is -0.763. The fourth-order valence-electron chi connectivity index (χ4n) is 3.87. The number of halogens is 2. The second-order valence-electron chi connectivity index (χ2n) is 8.55. The van der Waals surface area contributed by atoms with Crippen LogP contribution in [0.5, 0.6) is 0 Å². The van der Waals surface area contributed by atoms with Crippen LogP contribution in [-0.4, -0.2) is 92.2 Å². The Bertz CT molecular complexity index is 1480. The zero-order valence-electron chi connectivity index (χ0n) is 22.0. The Kier molecular flexibility index (Phi) is 11.4. The smallest absolute Gasteiger partial charge is 0.353 e. The van der Waals surface area contributed by atoms with Gasteiger partial charge in [0.1, 0.15) is 40.4 Å². The first-order valence-electron chi connectivity index (χ1n) is 12.3. The minimum Gasteiger partial charge on any atom is -0.477 e. The Morgan fingerprint density at radius 2 is 2.21 bits per heavy atom. The van der Waals surface area contributed by atoms with Crippen LogP contribution in [0, 0.1) is 5.41 Å². The maximum atomic E-state index is 13.2. The molecule has 14 nitrogen and oxygen atoms in total. The number of carboxylic acid groups (broad SMARTS) is 1. The summed E-state index contributed by atoms with van der Waals surface area (Å²) in [4.78, 5) is 54.1. The standard InChI is InChI=1S/C23H25ClFN9O5S4/c24-17-13(32-23(28)43-17)14(33-39-5-2-25)18(35)31-15-19(36)34-16(21(37)38)12(9-41-20(15)34)42-11-1-3-29-7-10(11)8-40-6-4-30-22(26)27/h1,3,7,15,20H,2,4-6,8-9H2,(H2,28,32)(H,31,35)(H,37,38)(H4,26,27,30)/b33-14-/t15-,20+/m1/s1. The molecule has 1 saturated heterocycles. The molecule has 2 atom stereocenters. The number of aromatic nitrogens is 2. The second kappa shape index (κ2) is 15.0. The second-order valence-corrected chi connectivity index (χ2v) is 13.5. The monoisotopic (exact) mass is 689 g/mol. The number of carbonyl (C=O) groups excluding carboxylic acids is 2. The molecule has 0 aromatic carbocycles. The van der Waals surface area contributed by atoms with Gasteiger partial charge in [0.15, 0.2) is 16.8 Å². The quantitative estimate of drug-likeness (QED) is 0.0547. The number of pyridine rings is 1. The number of nitrogen functional groups attached to an aromatic ring is 1. The van der Waals surface area contributed by atoms with E-state index in [1.165, 1.54) is 23.5 Å². The predicted molar refractivity (Wildman–Crippen MR) is 166 cm³/mol. The summed E-state index contributed by atoms with van der Waals surface area (Å²) in [5.74, 6) is -1.35. The molecule has 2 aromatic rings. The number of alkyl halides is 1. The molecule has 0 bridgehead atoms. The highest BCUT2D eigenvalue weighted by Gasteiger charge is 2.54. The number of guanidine groups is 1. The number of carbonyl (C=O) groups is 3. The minimum atomic E-state index is -1.28. The van der Waals surface area contributed by atoms with Crippen LogP contribution in [0.1, 0.15) is 11.3 Å². The van der Waals surface area contributed by atoms with Gasteiger partial charge in [-0.05, 0) is 11.6 Å². The number of nitrogens with two attached hydrogens (primary N) is 2. The number of hydrogen-bond acceptors (Lipinski definition) is 13. The van der Waals surface area contributed by atoms with Gasteiger partial charge in [0.25, 0.3) is 11.8 Å². The third-order valence-corrected chi connectivity index (χ3v) is 10.5. The van der Waals surface area contributed by atoms with Crippen molar-refractivity contribution in [2.75, 3.05) is 37.1 Å². The van der Waals surface area contributed by atoms with E-state index in [1.807, 2.05) is 0 Å². The number of hydrogen-bond donors (Lipinski definition) is 6. The van der Waals surface area contributed by atoms with Crippen molar-refractivity contribution in [3.05, 3.63) is 44.7 Å². The SMILES string of the molecule is N=C(N)NCCSCc1cnccc1SC1=C(C(=O)O)N2C(=O)[C@@H](NC(=O)/C(=N\OCCF)c3nc(N)sc3Cl)[C@@H]2SC1. The van der Waals surface area contributed by atoms with E-state index in [2.05, 4.69) is 25.8 Å². The molecule has 4 heterocycles. The number of carboxylic acids is 1. The van der Waals surface area contributed by atoms with E-state index in [9.17, 15) is 23.9 Å². The summed E-state index contributed by atoms with van der Waals surface area (Å²) in [7, 11) is 0. The number of rotatable bonds is 14. The molecule has 230 valence electrons. The predicted octanol–water partition coefficient (Wildman–Crippen LogP) is 1.67. The van der Waals surface area contributed by atoms with Gasteiger partial charge in [0.2, 0.25) is 0 Å². The molecule has 4 rings (SSSR count). The van der Waals surface area contributed by atoms with Gasteiger partial charge >= 0.3 is 5.97 Å². The number of anilines is 1. The normalized spacial score (nSPS) is 18.1. The molecule has 0 unspecified atom stereocenters. The van der Waals surface area contributed by atoms with Crippen molar-refractivity contribution in [3.63, 3.8) is 0 Å². The van der Waals surface area contributed by atoms with Crippen molar-refractivity contribution in [3.8, 4) is 0 Å². The molecule has 2 aliphatic rings. The third-order valence-electron chi connectivity index (χ3n) is 5.70. The number of β-lactam (4-membered cyclic amide) rings is 1. The first kappa shape index (κ1) is 32.6. The summed E-state index contributed by atoms with van der Waals surface area (Å²) in [6, 6.07) is 0.705. The lowest BCUT2D eigenvalue weighted by Gasteiger charge is -2.49. The van der Waals surface area contributed by atoms with Gasteiger partial charge in [-0.25, -0.2) is 14.2 Å². The lowest BCUT2D eigenvalue weighted by Crippen LogP contribution is -2.71. The molecule has 0 saturated carbocycles. The van der Waals surface area contributed by atoms with Gasteiger partial charge in [0, 0.05) is 46.0 Å². The average molecular weight is 690 g/mol. The van der Waals surface area contributed by atoms with Gasteiger partial charge in [0.05, 0.1) is 0 Å². The van der Waals surface area contributed by atoms with E-state index in [0.29, 0.717) is 23.0 Å². The summed E-state index contributed by atoms with van der Waals surface area (Å²) < 4.78 is 12.6. The number of nitrogens with one attached hydrogen (secondary N) is 3. The lowest BCUT2D eigenvalue weighted by atomic mass is 10.0. The third kappa shape index (κ3) is 7.83. The molecular weight excluding hydrogens is 665 g/mol. The maximum Gasteiger partial charge on any atom is 0.353 e. The van der Waals surface area contributed by atoms with Crippen molar-refractivity contribution in [2.24, 2.45) is 10.9 Å². The van der Waals surface area contributed by atoms with Crippen LogP contribution in [0.4, 0.5) is 9.52 Å². The molecule has 8 N–H and O–H groups in total. The summed E-state index contributed by atoms with van der Waals surface area (Å²) in [5, 5.41) is 25.6. The van der Waals surface area contributed by atoms with Crippen LogP contribution in [0.15, 0.2) is 39.1 Å². The Labute approximate surface area is 266 Å². The lowest BCUT2D eigenvalue weighted by molar-refractivity contribution is -0.150. The highest BCUT2D eigenvalue weighted by atomic mass is 35.5. The molecule has 2 aromatic heterocycles. The van der Waals surface area contributed by atoms with Crippen LogP contribution >= 0.6 is 58.2 Å². The number of amides is 2. The van der Waals surface area contributed by atoms with Gasteiger partial charge in [-0.1, -0.05) is 39.9 Å². The fourth-order valence-corrected chi connectivity index (χ4v) is 8.30. The zero-order chi connectivity index (χ0) is 31.1. The molecule has 0 aliphatic carbocycles. The number of thioether (sulfide) groups is 3. The molecule has 1 fully saturated rings. The van der Waals surface area contributed by atoms with E-state index >= 15 is 0 Å². The molecule has 0 radical (unpaired) electrons. The van der Waals surface area contributed by atoms with E-state index < -0.39 is 48.2 Å². The van der Waals surface area contributed by atoms with Crippen molar-refractivity contribution in [2.45, 2.75) is 22.1 Å². The van der Waals surface area contributed by atoms with Gasteiger partial charge < -0.3 is 32.0 Å². The Hall–Kier alpha value is -3.26. The molecular formula is C23H25ClFN9O5S4. The number of nitrogens with zero attached hydrogens (tertiary/aromatic N) is 4. The maximum absolute atomic E-state index is 13.2.